The van der Waals surface area contributed by atoms with Crippen LogP contribution in [0, 0.1) is 0 Å². The summed E-state index contributed by atoms with van der Waals surface area (Å²) in [6, 6.07) is 16.5. The number of hydrogen-bond donors (Lipinski definition) is 0. The molecular weight excluding hydrogens is 287 g/mol. The van der Waals surface area contributed by atoms with E-state index in [4.69, 9.17) is 14.0 Å². The van der Waals surface area contributed by atoms with Crippen LogP contribution < -0.4 is 5.46 Å². The topological polar surface area (TPSA) is 27.7 Å². The standard InChI is InChI=1S/C19H19BO3/c1-13(21-2)15-8-5-6-10-17(15)20-22-18-12-11-14-7-3-4-9-16(14)19(18)23-20/h3-13,18-19H,1-2H3/t13-,18+,19-/m1/s1. The molecule has 2 aromatic rings. The third kappa shape index (κ3) is 2.53. The molecule has 1 aliphatic heterocycles. The van der Waals surface area contributed by atoms with Gasteiger partial charge < -0.3 is 14.0 Å². The van der Waals surface area contributed by atoms with Crippen molar-refractivity contribution in [2.24, 2.45) is 0 Å². The monoisotopic (exact) mass is 306 g/mol. The lowest BCUT2D eigenvalue weighted by Gasteiger charge is -2.21. The van der Waals surface area contributed by atoms with Crippen molar-refractivity contribution < 1.29 is 14.0 Å². The fourth-order valence-electron chi connectivity index (χ4n) is 3.34. The summed E-state index contributed by atoms with van der Waals surface area (Å²) in [6.45, 7) is 2.04. The van der Waals surface area contributed by atoms with Crippen LogP contribution >= 0.6 is 0 Å². The number of hydrogen-bond acceptors (Lipinski definition) is 3. The van der Waals surface area contributed by atoms with Crippen LogP contribution in [0.1, 0.15) is 35.8 Å². The molecule has 1 heterocycles. The minimum Gasteiger partial charge on any atom is -0.398 e. The maximum Gasteiger partial charge on any atom is 0.495 e. The number of ether oxygens (including phenoxy) is 1. The van der Waals surface area contributed by atoms with E-state index in [9.17, 15) is 0 Å². The molecule has 23 heavy (non-hydrogen) atoms. The zero-order valence-electron chi connectivity index (χ0n) is 13.3. The Balaban J connectivity index is 1.67. The maximum atomic E-state index is 6.28. The quantitative estimate of drug-likeness (QED) is 0.815. The Morgan fingerprint density at radius 2 is 1.83 bits per heavy atom. The van der Waals surface area contributed by atoms with Crippen LogP contribution in [-0.2, 0) is 14.0 Å². The summed E-state index contributed by atoms with van der Waals surface area (Å²) in [4.78, 5) is 0. The van der Waals surface area contributed by atoms with Crippen LogP contribution in [0.15, 0.2) is 54.6 Å². The van der Waals surface area contributed by atoms with E-state index in [1.54, 1.807) is 7.11 Å². The molecule has 0 bridgehead atoms. The van der Waals surface area contributed by atoms with Gasteiger partial charge in [0.1, 0.15) is 0 Å². The molecule has 0 saturated carbocycles. The fraction of sp³-hybridized carbons (Fsp3) is 0.263. The Morgan fingerprint density at radius 1 is 1.04 bits per heavy atom. The van der Waals surface area contributed by atoms with E-state index in [0.29, 0.717) is 0 Å². The van der Waals surface area contributed by atoms with Crippen molar-refractivity contribution >= 4 is 18.7 Å². The highest BCUT2D eigenvalue weighted by Crippen LogP contribution is 2.38. The molecule has 116 valence electrons. The van der Waals surface area contributed by atoms with Crippen LogP contribution in [0.2, 0.25) is 0 Å². The van der Waals surface area contributed by atoms with Crippen molar-refractivity contribution in [3.05, 3.63) is 71.3 Å². The van der Waals surface area contributed by atoms with E-state index in [1.807, 2.05) is 31.2 Å². The first-order valence-electron chi connectivity index (χ1n) is 7.97. The Kier molecular flexibility index (Phi) is 3.81. The van der Waals surface area contributed by atoms with E-state index < -0.39 is 0 Å². The summed E-state index contributed by atoms with van der Waals surface area (Å²) in [5, 5.41) is 0. The highest BCUT2D eigenvalue weighted by molar-refractivity contribution is 6.62. The van der Waals surface area contributed by atoms with Gasteiger partial charge in [0, 0.05) is 7.11 Å². The maximum absolute atomic E-state index is 6.28. The van der Waals surface area contributed by atoms with Crippen molar-refractivity contribution in [3.8, 4) is 0 Å². The Morgan fingerprint density at radius 3 is 2.70 bits per heavy atom. The van der Waals surface area contributed by atoms with Crippen LogP contribution in [-0.4, -0.2) is 20.3 Å². The largest absolute Gasteiger partial charge is 0.495 e. The molecule has 0 aromatic heterocycles. The van der Waals surface area contributed by atoms with Crippen LogP contribution in [0.3, 0.4) is 0 Å². The molecule has 0 unspecified atom stereocenters. The molecule has 2 aliphatic rings. The van der Waals surface area contributed by atoms with E-state index >= 15 is 0 Å². The van der Waals surface area contributed by atoms with E-state index in [-0.39, 0.29) is 25.4 Å². The fourth-order valence-corrected chi connectivity index (χ4v) is 3.34. The minimum absolute atomic E-state index is 0.00357. The zero-order chi connectivity index (χ0) is 15.8. The first-order valence-corrected chi connectivity index (χ1v) is 7.97. The number of methoxy groups -OCH3 is 1. The van der Waals surface area contributed by atoms with Crippen LogP contribution in [0.25, 0.3) is 6.08 Å². The van der Waals surface area contributed by atoms with Crippen LogP contribution in [0.4, 0.5) is 0 Å². The predicted octanol–water partition coefficient (Wildman–Crippen LogP) is 3.27. The van der Waals surface area contributed by atoms with E-state index in [0.717, 1.165) is 11.0 Å². The van der Waals surface area contributed by atoms with Gasteiger partial charge in [0.25, 0.3) is 0 Å². The third-order valence-corrected chi connectivity index (χ3v) is 4.66. The molecule has 4 heteroatoms. The normalized spacial score (nSPS) is 23.5. The predicted molar refractivity (Wildman–Crippen MR) is 91.4 cm³/mol. The van der Waals surface area contributed by atoms with Gasteiger partial charge in [0.2, 0.25) is 0 Å². The second kappa shape index (κ2) is 5.97. The summed E-state index contributed by atoms with van der Waals surface area (Å²) in [7, 11) is 1.35. The van der Waals surface area contributed by atoms with Gasteiger partial charge in [-0.15, -0.1) is 0 Å². The van der Waals surface area contributed by atoms with E-state index in [2.05, 4.69) is 36.4 Å². The lowest BCUT2D eigenvalue weighted by molar-refractivity contribution is 0.120. The molecule has 2 aromatic carbocycles. The van der Waals surface area contributed by atoms with Gasteiger partial charge in [-0.2, -0.15) is 0 Å². The van der Waals surface area contributed by atoms with Gasteiger partial charge in [-0.3, -0.25) is 0 Å². The van der Waals surface area contributed by atoms with Gasteiger partial charge in [-0.05, 0) is 29.1 Å². The molecule has 4 rings (SSSR count). The van der Waals surface area contributed by atoms with Gasteiger partial charge in [0.05, 0.1) is 18.3 Å². The lowest BCUT2D eigenvalue weighted by atomic mass is 9.75. The van der Waals surface area contributed by atoms with Gasteiger partial charge in [-0.1, -0.05) is 60.7 Å². The second-order valence-corrected chi connectivity index (χ2v) is 5.98. The summed E-state index contributed by atoms with van der Waals surface area (Å²) in [5.74, 6) is 0. The van der Waals surface area contributed by atoms with Gasteiger partial charge in [-0.25, -0.2) is 0 Å². The average molecular weight is 306 g/mol. The molecule has 1 aliphatic carbocycles. The first-order chi connectivity index (χ1) is 11.3. The van der Waals surface area contributed by atoms with E-state index in [1.165, 1.54) is 11.1 Å². The molecule has 1 saturated heterocycles. The lowest BCUT2D eigenvalue weighted by Crippen LogP contribution is -2.36. The molecule has 1 fully saturated rings. The summed E-state index contributed by atoms with van der Waals surface area (Å²) in [5.41, 5.74) is 4.55. The second-order valence-electron chi connectivity index (χ2n) is 5.98. The highest BCUT2D eigenvalue weighted by atomic mass is 16.7. The highest BCUT2D eigenvalue weighted by Gasteiger charge is 2.43. The van der Waals surface area contributed by atoms with Crippen molar-refractivity contribution in [1.29, 1.82) is 0 Å². The molecule has 0 amide bonds. The summed E-state index contributed by atoms with van der Waals surface area (Å²) < 4.78 is 17.9. The number of fused-ring (bicyclic) bond motifs is 3. The van der Waals surface area contributed by atoms with Crippen molar-refractivity contribution in [2.45, 2.75) is 25.2 Å². The number of rotatable bonds is 3. The van der Waals surface area contributed by atoms with Crippen molar-refractivity contribution in [1.82, 2.24) is 0 Å². The van der Waals surface area contributed by atoms with Crippen LogP contribution in [0.5, 0.6) is 0 Å². The molecule has 0 N–H and O–H groups in total. The number of benzene rings is 2. The molecule has 0 spiro atoms. The van der Waals surface area contributed by atoms with Crippen molar-refractivity contribution in [2.75, 3.05) is 7.11 Å². The Bertz CT molecular complexity index is 743. The summed E-state index contributed by atoms with van der Waals surface area (Å²) >= 11 is 0. The average Bonchev–Trinajstić information content (AvgIpc) is 3.05. The molecule has 3 nitrogen and oxygen atoms in total. The van der Waals surface area contributed by atoms with Crippen molar-refractivity contribution in [3.63, 3.8) is 0 Å². The third-order valence-electron chi connectivity index (χ3n) is 4.66. The van der Waals surface area contributed by atoms with Gasteiger partial charge >= 0.3 is 7.12 Å². The molecule has 0 radical (unpaired) electrons. The first kappa shape index (κ1) is 14.7. The van der Waals surface area contributed by atoms with Gasteiger partial charge in [0.15, 0.2) is 0 Å². The summed E-state index contributed by atoms with van der Waals surface area (Å²) in [6.07, 6.45) is 4.12. The molecular formula is C19H19BO3. The Labute approximate surface area is 137 Å². The minimum atomic E-state index is -0.366. The smallest absolute Gasteiger partial charge is 0.398 e. The SMILES string of the molecule is CO[C@H](C)c1ccccc1B1O[C@H]2C=Cc3ccccc3[C@H]2O1. The molecule has 3 atom stereocenters. The Hall–Kier alpha value is -1.88. The zero-order valence-corrected chi connectivity index (χ0v) is 13.3.